The maximum absolute atomic E-state index is 11.6. The number of ether oxygens (including phenoxy) is 1. The third kappa shape index (κ3) is 5.26. The Labute approximate surface area is 118 Å². The minimum absolute atomic E-state index is 0.0564. The first-order valence-electron chi connectivity index (χ1n) is 7.22. The van der Waals surface area contributed by atoms with E-state index in [-0.39, 0.29) is 12.5 Å². The van der Waals surface area contributed by atoms with Crippen molar-refractivity contribution in [3.63, 3.8) is 0 Å². The molecule has 1 heterocycles. The molecule has 1 aromatic heterocycles. The van der Waals surface area contributed by atoms with Gasteiger partial charge in [-0.3, -0.25) is 4.79 Å². The largest absolute Gasteiger partial charge is 0.378 e. The van der Waals surface area contributed by atoms with Crippen LogP contribution in [0.1, 0.15) is 32.1 Å². The molecule has 0 unspecified atom stereocenters. The van der Waals surface area contributed by atoms with Crippen LogP contribution in [0.25, 0.3) is 0 Å². The van der Waals surface area contributed by atoms with E-state index in [1.165, 1.54) is 4.68 Å². The first-order chi connectivity index (χ1) is 9.74. The van der Waals surface area contributed by atoms with Crippen LogP contribution in [0.3, 0.4) is 0 Å². The molecule has 0 spiro atoms. The van der Waals surface area contributed by atoms with E-state index in [2.05, 4.69) is 15.6 Å². The molecular weight excluding hydrogens is 258 g/mol. The molecule has 7 nitrogen and oxygen atoms in total. The summed E-state index contributed by atoms with van der Waals surface area (Å²) in [7, 11) is 0. The lowest BCUT2D eigenvalue weighted by molar-refractivity contribution is -0.121. The molecule has 1 saturated carbocycles. The minimum Gasteiger partial charge on any atom is -0.378 e. The van der Waals surface area contributed by atoms with Gasteiger partial charge in [0, 0.05) is 25.4 Å². The SMILES string of the molecule is NC1CCC(OCCCNC(=O)Cn2ccnn2)CC1. The molecule has 1 amide bonds. The van der Waals surface area contributed by atoms with Gasteiger partial charge in [0.15, 0.2) is 0 Å². The maximum atomic E-state index is 11.6. The summed E-state index contributed by atoms with van der Waals surface area (Å²) in [5, 5.41) is 10.2. The molecular formula is C13H23N5O2. The zero-order valence-electron chi connectivity index (χ0n) is 11.7. The number of hydrogen-bond acceptors (Lipinski definition) is 5. The van der Waals surface area contributed by atoms with Gasteiger partial charge in [-0.05, 0) is 32.1 Å². The van der Waals surface area contributed by atoms with Gasteiger partial charge in [0.05, 0.1) is 12.3 Å². The molecule has 1 fully saturated rings. The van der Waals surface area contributed by atoms with Gasteiger partial charge >= 0.3 is 0 Å². The quantitative estimate of drug-likeness (QED) is 0.690. The Balaban J connectivity index is 1.48. The molecule has 1 aliphatic carbocycles. The van der Waals surface area contributed by atoms with Crippen LogP contribution >= 0.6 is 0 Å². The van der Waals surface area contributed by atoms with Crippen molar-refractivity contribution in [1.29, 1.82) is 0 Å². The average Bonchev–Trinajstić information content (AvgIpc) is 2.93. The second-order valence-corrected chi connectivity index (χ2v) is 5.21. The Morgan fingerprint density at radius 2 is 2.20 bits per heavy atom. The highest BCUT2D eigenvalue weighted by Crippen LogP contribution is 2.19. The number of nitrogens with two attached hydrogens (primary N) is 1. The van der Waals surface area contributed by atoms with Gasteiger partial charge in [0.2, 0.25) is 5.91 Å². The van der Waals surface area contributed by atoms with Crippen LogP contribution in [-0.2, 0) is 16.1 Å². The standard InChI is InChI=1S/C13H23N5O2/c14-11-2-4-12(5-3-11)20-9-1-6-15-13(19)10-18-8-7-16-17-18/h7-8,11-12H,1-6,9-10,14H2,(H,15,19). The normalized spacial score (nSPS) is 22.6. The Morgan fingerprint density at radius 1 is 1.40 bits per heavy atom. The zero-order valence-corrected chi connectivity index (χ0v) is 11.7. The molecule has 3 N–H and O–H groups in total. The Kier molecular flexibility index (Phi) is 5.94. The van der Waals surface area contributed by atoms with E-state index in [4.69, 9.17) is 10.5 Å². The summed E-state index contributed by atoms with van der Waals surface area (Å²) in [4.78, 5) is 11.6. The van der Waals surface area contributed by atoms with Crippen LogP contribution in [-0.4, -0.2) is 46.2 Å². The van der Waals surface area contributed by atoms with Crippen molar-refractivity contribution in [1.82, 2.24) is 20.3 Å². The summed E-state index contributed by atoms with van der Waals surface area (Å²) in [6, 6.07) is 0.353. The van der Waals surface area contributed by atoms with E-state index in [0.717, 1.165) is 32.1 Å². The number of carbonyl (C=O) groups is 1. The third-order valence-electron chi connectivity index (χ3n) is 3.49. The van der Waals surface area contributed by atoms with Crippen molar-refractivity contribution in [2.24, 2.45) is 5.73 Å². The Morgan fingerprint density at radius 3 is 2.90 bits per heavy atom. The van der Waals surface area contributed by atoms with E-state index < -0.39 is 0 Å². The van der Waals surface area contributed by atoms with Crippen LogP contribution in [0.5, 0.6) is 0 Å². The highest BCUT2D eigenvalue weighted by atomic mass is 16.5. The number of nitrogens with zero attached hydrogens (tertiary/aromatic N) is 3. The van der Waals surface area contributed by atoms with Crippen LogP contribution in [0.15, 0.2) is 12.4 Å². The summed E-state index contributed by atoms with van der Waals surface area (Å²) in [6.45, 7) is 1.52. The van der Waals surface area contributed by atoms with E-state index in [9.17, 15) is 4.79 Å². The Hall–Kier alpha value is -1.47. The number of carbonyl (C=O) groups excluding carboxylic acids is 1. The fraction of sp³-hybridized carbons (Fsp3) is 0.769. The highest BCUT2D eigenvalue weighted by molar-refractivity contribution is 5.75. The summed E-state index contributed by atoms with van der Waals surface area (Å²) in [6.07, 6.45) is 8.61. The third-order valence-corrected chi connectivity index (χ3v) is 3.49. The van der Waals surface area contributed by atoms with Crippen LogP contribution in [0.4, 0.5) is 0 Å². The number of nitrogens with one attached hydrogen (secondary N) is 1. The molecule has 0 radical (unpaired) electrons. The van der Waals surface area contributed by atoms with Crippen molar-refractivity contribution in [3.05, 3.63) is 12.4 Å². The summed E-state index contributed by atoms with van der Waals surface area (Å²) in [5.74, 6) is -0.0564. The van der Waals surface area contributed by atoms with Gasteiger partial charge in [-0.15, -0.1) is 5.10 Å². The van der Waals surface area contributed by atoms with E-state index in [1.54, 1.807) is 12.4 Å². The summed E-state index contributed by atoms with van der Waals surface area (Å²) < 4.78 is 7.28. The highest BCUT2D eigenvalue weighted by Gasteiger charge is 2.18. The molecule has 1 aliphatic rings. The zero-order chi connectivity index (χ0) is 14.2. The fourth-order valence-electron chi connectivity index (χ4n) is 2.33. The topological polar surface area (TPSA) is 95.1 Å². The van der Waals surface area contributed by atoms with Gasteiger partial charge in [-0.1, -0.05) is 5.21 Å². The first-order valence-corrected chi connectivity index (χ1v) is 7.22. The monoisotopic (exact) mass is 281 g/mol. The molecule has 0 aromatic carbocycles. The molecule has 20 heavy (non-hydrogen) atoms. The summed E-state index contributed by atoms with van der Waals surface area (Å²) in [5.41, 5.74) is 5.85. The van der Waals surface area contributed by atoms with Gasteiger partial charge < -0.3 is 15.8 Å². The second-order valence-electron chi connectivity index (χ2n) is 5.21. The number of hydrogen-bond donors (Lipinski definition) is 2. The predicted molar refractivity (Wildman–Crippen MR) is 73.8 cm³/mol. The second kappa shape index (κ2) is 7.96. The molecule has 0 bridgehead atoms. The predicted octanol–water partition coefficient (Wildman–Crippen LogP) is 0.0709. The van der Waals surface area contributed by atoms with Crippen molar-refractivity contribution in [2.75, 3.05) is 13.2 Å². The number of amides is 1. The van der Waals surface area contributed by atoms with E-state index in [0.29, 0.717) is 25.3 Å². The van der Waals surface area contributed by atoms with Gasteiger partial charge in [0.1, 0.15) is 6.54 Å². The van der Waals surface area contributed by atoms with Gasteiger partial charge in [-0.25, -0.2) is 4.68 Å². The Bertz CT molecular complexity index is 387. The van der Waals surface area contributed by atoms with Crippen molar-refractivity contribution in [2.45, 2.75) is 50.8 Å². The van der Waals surface area contributed by atoms with Crippen molar-refractivity contribution in [3.8, 4) is 0 Å². The smallest absolute Gasteiger partial charge is 0.241 e. The lowest BCUT2D eigenvalue weighted by Crippen LogP contribution is -2.31. The fourth-order valence-corrected chi connectivity index (χ4v) is 2.33. The lowest BCUT2D eigenvalue weighted by atomic mass is 9.94. The van der Waals surface area contributed by atoms with Gasteiger partial charge in [-0.2, -0.15) is 0 Å². The molecule has 112 valence electrons. The van der Waals surface area contributed by atoms with E-state index in [1.807, 2.05) is 0 Å². The lowest BCUT2D eigenvalue weighted by Gasteiger charge is -2.26. The molecule has 0 atom stereocenters. The summed E-state index contributed by atoms with van der Waals surface area (Å²) >= 11 is 0. The molecule has 0 aliphatic heterocycles. The van der Waals surface area contributed by atoms with Crippen molar-refractivity contribution < 1.29 is 9.53 Å². The number of aromatic nitrogens is 3. The first kappa shape index (κ1) is 14.9. The average molecular weight is 281 g/mol. The minimum atomic E-state index is -0.0564. The van der Waals surface area contributed by atoms with Crippen LogP contribution < -0.4 is 11.1 Å². The van der Waals surface area contributed by atoms with Crippen molar-refractivity contribution >= 4 is 5.91 Å². The van der Waals surface area contributed by atoms with Crippen LogP contribution in [0, 0.1) is 0 Å². The van der Waals surface area contributed by atoms with Crippen LogP contribution in [0.2, 0.25) is 0 Å². The molecule has 0 saturated heterocycles. The molecule has 1 aromatic rings. The maximum Gasteiger partial charge on any atom is 0.241 e. The van der Waals surface area contributed by atoms with Gasteiger partial charge in [0.25, 0.3) is 0 Å². The number of rotatable bonds is 7. The molecule has 2 rings (SSSR count). The molecule has 7 heteroatoms. The van der Waals surface area contributed by atoms with E-state index >= 15 is 0 Å².